The molecule has 1 aromatic carbocycles. The van der Waals surface area contributed by atoms with E-state index in [0.717, 1.165) is 12.0 Å². The fraction of sp³-hybridized carbons (Fsp3) is 0.400. The number of hydrogen-bond donors (Lipinski definition) is 2. The number of hydrogen-bond acceptors (Lipinski definition) is 3. The van der Waals surface area contributed by atoms with Crippen molar-refractivity contribution >= 4 is 6.03 Å². The zero-order valence-electron chi connectivity index (χ0n) is 14.6. The van der Waals surface area contributed by atoms with Gasteiger partial charge < -0.3 is 15.3 Å². The Bertz CT molecular complexity index is 705. The number of aliphatic hydroxyl groups is 1. The third-order valence-corrected chi connectivity index (χ3v) is 4.78. The minimum absolute atomic E-state index is 0.0396. The summed E-state index contributed by atoms with van der Waals surface area (Å²) in [6, 6.07) is 12.1. The van der Waals surface area contributed by atoms with Crippen molar-refractivity contribution in [2.75, 3.05) is 13.2 Å². The monoisotopic (exact) mass is 339 g/mol. The smallest absolute Gasteiger partial charge is 0.318 e. The van der Waals surface area contributed by atoms with Crippen LogP contribution in [0.25, 0.3) is 0 Å². The number of aromatic nitrogens is 1. The highest BCUT2D eigenvalue weighted by Crippen LogP contribution is 2.35. The molecule has 0 saturated heterocycles. The van der Waals surface area contributed by atoms with E-state index in [1.807, 2.05) is 24.3 Å². The number of fused-ring (bicyclic) bond motifs is 1. The largest absolute Gasteiger partial charge is 0.396 e. The average Bonchev–Trinajstić information content (AvgIpc) is 2.95. The highest BCUT2D eigenvalue weighted by atomic mass is 16.3. The quantitative estimate of drug-likeness (QED) is 0.850. The van der Waals surface area contributed by atoms with Gasteiger partial charge in [0.05, 0.1) is 6.04 Å². The number of nitrogens with zero attached hydrogens (tertiary/aromatic N) is 2. The second kappa shape index (κ2) is 8.12. The summed E-state index contributed by atoms with van der Waals surface area (Å²) in [6.45, 7) is 3.28. The van der Waals surface area contributed by atoms with Gasteiger partial charge in [-0.1, -0.05) is 31.2 Å². The van der Waals surface area contributed by atoms with E-state index in [1.54, 1.807) is 17.3 Å². The lowest BCUT2D eigenvalue weighted by molar-refractivity contribution is 0.180. The maximum atomic E-state index is 12.9. The Morgan fingerprint density at radius 2 is 2.04 bits per heavy atom. The Morgan fingerprint density at radius 3 is 2.80 bits per heavy atom. The van der Waals surface area contributed by atoms with Gasteiger partial charge in [0, 0.05) is 32.1 Å². The first-order valence-electron chi connectivity index (χ1n) is 8.82. The molecular weight excluding hydrogens is 314 g/mol. The number of aliphatic hydroxyl groups excluding tert-OH is 1. The third-order valence-electron chi connectivity index (χ3n) is 4.78. The van der Waals surface area contributed by atoms with Gasteiger partial charge >= 0.3 is 6.03 Å². The molecule has 2 amide bonds. The molecular formula is C20H25N3O2. The van der Waals surface area contributed by atoms with Crippen LogP contribution >= 0.6 is 0 Å². The normalized spacial score (nSPS) is 18.6. The van der Waals surface area contributed by atoms with Gasteiger partial charge in [-0.2, -0.15) is 0 Å². The van der Waals surface area contributed by atoms with Crippen LogP contribution in [-0.4, -0.2) is 34.2 Å². The fourth-order valence-electron chi connectivity index (χ4n) is 3.46. The summed E-state index contributed by atoms with van der Waals surface area (Å²) in [5.41, 5.74) is 3.56. The maximum absolute atomic E-state index is 12.9. The molecule has 5 nitrogen and oxygen atoms in total. The van der Waals surface area contributed by atoms with Gasteiger partial charge in [-0.05, 0) is 47.6 Å². The summed E-state index contributed by atoms with van der Waals surface area (Å²) >= 11 is 0. The summed E-state index contributed by atoms with van der Waals surface area (Å²) in [7, 11) is 0. The molecule has 25 heavy (non-hydrogen) atoms. The molecule has 0 spiro atoms. The van der Waals surface area contributed by atoms with E-state index in [-0.39, 0.29) is 18.7 Å². The number of nitrogens with one attached hydrogen (secondary N) is 1. The number of carbonyl (C=O) groups is 1. The molecule has 2 aromatic rings. The first-order valence-corrected chi connectivity index (χ1v) is 8.82. The fourth-order valence-corrected chi connectivity index (χ4v) is 3.46. The van der Waals surface area contributed by atoms with Crippen LogP contribution in [-0.2, 0) is 13.0 Å². The van der Waals surface area contributed by atoms with Crippen LogP contribution in [0.2, 0.25) is 0 Å². The van der Waals surface area contributed by atoms with Crippen molar-refractivity contribution in [3.63, 3.8) is 0 Å². The van der Waals surface area contributed by atoms with Crippen molar-refractivity contribution in [2.24, 2.45) is 5.92 Å². The lowest BCUT2D eigenvalue weighted by Gasteiger charge is -2.27. The van der Waals surface area contributed by atoms with Crippen LogP contribution in [0.15, 0.2) is 48.8 Å². The van der Waals surface area contributed by atoms with Gasteiger partial charge in [-0.25, -0.2) is 4.79 Å². The van der Waals surface area contributed by atoms with Gasteiger partial charge in [-0.15, -0.1) is 0 Å². The minimum atomic E-state index is -0.0844. The van der Waals surface area contributed by atoms with Crippen molar-refractivity contribution < 1.29 is 9.90 Å². The van der Waals surface area contributed by atoms with E-state index < -0.39 is 0 Å². The number of carbonyl (C=O) groups excluding carboxylic acids is 1. The predicted molar refractivity (Wildman–Crippen MR) is 96.9 cm³/mol. The zero-order valence-corrected chi connectivity index (χ0v) is 14.6. The summed E-state index contributed by atoms with van der Waals surface area (Å²) in [4.78, 5) is 18.7. The number of urea groups is 1. The lowest BCUT2D eigenvalue weighted by Crippen LogP contribution is -2.42. The topological polar surface area (TPSA) is 65.5 Å². The molecule has 2 atom stereocenters. The van der Waals surface area contributed by atoms with Crippen LogP contribution in [0, 0.1) is 5.92 Å². The highest BCUT2D eigenvalue weighted by molar-refractivity contribution is 5.75. The van der Waals surface area contributed by atoms with Crippen LogP contribution in [0.1, 0.15) is 36.1 Å². The van der Waals surface area contributed by atoms with Crippen molar-refractivity contribution in [1.29, 1.82) is 0 Å². The van der Waals surface area contributed by atoms with Crippen LogP contribution < -0.4 is 5.32 Å². The van der Waals surface area contributed by atoms with E-state index in [4.69, 9.17) is 5.11 Å². The molecule has 1 aliphatic rings. The van der Waals surface area contributed by atoms with Crippen LogP contribution in [0.5, 0.6) is 0 Å². The SMILES string of the molecule is C[C@H]1Cc2ccccc2[C@H]1NC(=O)N(CCCO)Cc1ccncc1. The second-order valence-corrected chi connectivity index (χ2v) is 6.66. The third kappa shape index (κ3) is 4.17. The molecule has 0 fully saturated rings. The number of pyridine rings is 1. The molecule has 3 rings (SSSR count). The van der Waals surface area contributed by atoms with E-state index in [2.05, 4.69) is 29.4 Å². The molecule has 5 heteroatoms. The van der Waals surface area contributed by atoms with Gasteiger partial charge in [-0.3, -0.25) is 4.98 Å². The molecule has 1 aromatic heterocycles. The van der Waals surface area contributed by atoms with Gasteiger partial charge in [0.1, 0.15) is 0 Å². The molecule has 1 aliphatic carbocycles. The molecule has 132 valence electrons. The van der Waals surface area contributed by atoms with Crippen molar-refractivity contribution in [3.05, 3.63) is 65.5 Å². The van der Waals surface area contributed by atoms with Gasteiger partial charge in [0.25, 0.3) is 0 Å². The molecule has 1 heterocycles. The summed E-state index contributed by atoms with van der Waals surface area (Å²) in [5, 5.41) is 12.4. The number of amides is 2. The summed E-state index contributed by atoms with van der Waals surface area (Å²) < 4.78 is 0. The maximum Gasteiger partial charge on any atom is 0.318 e. The van der Waals surface area contributed by atoms with E-state index >= 15 is 0 Å². The van der Waals surface area contributed by atoms with E-state index in [9.17, 15) is 4.79 Å². The van der Waals surface area contributed by atoms with Crippen molar-refractivity contribution in [2.45, 2.75) is 32.4 Å². The van der Waals surface area contributed by atoms with Crippen LogP contribution in [0.3, 0.4) is 0 Å². The Morgan fingerprint density at radius 1 is 1.28 bits per heavy atom. The number of benzene rings is 1. The van der Waals surface area contributed by atoms with Gasteiger partial charge in [0.15, 0.2) is 0 Å². The molecule has 0 bridgehead atoms. The highest BCUT2D eigenvalue weighted by Gasteiger charge is 2.31. The minimum Gasteiger partial charge on any atom is -0.396 e. The second-order valence-electron chi connectivity index (χ2n) is 6.66. The standard InChI is InChI=1S/C20H25N3O2/c1-15-13-17-5-2-3-6-18(17)19(15)22-20(25)23(11-4-12-24)14-16-7-9-21-10-8-16/h2-3,5-10,15,19,24H,4,11-14H2,1H3,(H,22,25)/t15-,19-/m0/s1. The van der Waals surface area contributed by atoms with E-state index in [0.29, 0.717) is 25.4 Å². The average molecular weight is 339 g/mol. The predicted octanol–water partition coefficient (Wildman–Crippen LogP) is 2.91. The molecule has 0 radical (unpaired) electrons. The first-order chi connectivity index (χ1) is 12.2. The Kier molecular flexibility index (Phi) is 5.66. The van der Waals surface area contributed by atoms with Crippen molar-refractivity contribution in [3.8, 4) is 0 Å². The van der Waals surface area contributed by atoms with Crippen molar-refractivity contribution in [1.82, 2.24) is 15.2 Å². The van der Waals surface area contributed by atoms with Gasteiger partial charge in [0.2, 0.25) is 0 Å². The number of rotatable bonds is 6. The Labute approximate surface area is 148 Å². The molecule has 0 unspecified atom stereocenters. The van der Waals surface area contributed by atoms with Crippen LogP contribution in [0.4, 0.5) is 4.79 Å². The molecule has 0 saturated carbocycles. The lowest BCUT2D eigenvalue weighted by atomic mass is 10.0. The Balaban J connectivity index is 1.71. The summed E-state index contributed by atoms with van der Waals surface area (Å²) in [5.74, 6) is 0.377. The summed E-state index contributed by atoms with van der Waals surface area (Å²) in [6.07, 6.45) is 5.01. The zero-order chi connectivity index (χ0) is 17.6. The first kappa shape index (κ1) is 17.4. The molecule has 2 N–H and O–H groups in total. The Hall–Kier alpha value is -2.40. The van der Waals surface area contributed by atoms with E-state index in [1.165, 1.54) is 11.1 Å². The molecule has 0 aliphatic heterocycles.